The number of halogens is 2. The van der Waals surface area contributed by atoms with E-state index in [1.165, 1.54) is 24.3 Å². The van der Waals surface area contributed by atoms with Crippen LogP contribution in [0.5, 0.6) is 0 Å². The molecule has 0 aliphatic carbocycles. The van der Waals surface area contributed by atoms with Crippen LogP contribution in [0.15, 0.2) is 24.3 Å². The summed E-state index contributed by atoms with van der Waals surface area (Å²) >= 11 is 0. The summed E-state index contributed by atoms with van der Waals surface area (Å²) in [5, 5.41) is 8.56. The maximum atomic E-state index is 12.0. The molecule has 7 heteroatoms. The molecule has 0 amide bonds. The van der Waals surface area contributed by atoms with Crippen molar-refractivity contribution in [2.75, 3.05) is 0 Å². The molecule has 0 aliphatic rings. The first kappa shape index (κ1) is 12.6. The number of alkyl halides is 2. The van der Waals surface area contributed by atoms with Crippen LogP contribution in [0.2, 0.25) is 0 Å². The molecule has 0 heterocycles. The van der Waals surface area contributed by atoms with Crippen LogP contribution in [0.25, 0.3) is 0 Å². The van der Waals surface area contributed by atoms with Gasteiger partial charge in [0.05, 0.1) is 11.3 Å². The van der Waals surface area contributed by atoms with Crippen molar-refractivity contribution in [2.45, 2.75) is 11.5 Å². The van der Waals surface area contributed by atoms with Crippen molar-refractivity contribution in [3.63, 3.8) is 0 Å². The Labute approximate surface area is 90.4 Å². The third-order valence-electron chi connectivity index (χ3n) is 1.84. The summed E-state index contributed by atoms with van der Waals surface area (Å²) in [6, 6.07) is 4.73. The third-order valence-corrected chi connectivity index (χ3v) is 3.12. The van der Waals surface area contributed by atoms with Crippen molar-refractivity contribution in [2.24, 2.45) is 0 Å². The lowest BCUT2D eigenvalue weighted by Gasteiger charge is -2.03. The molecule has 0 unspecified atom stereocenters. The minimum atomic E-state index is -4.47. The Morgan fingerprint density at radius 2 is 1.75 bits per heavy atom. The first-order valence-corrected chi connectivity index (χ1v) is 5.86. The number of hydrogen-bond acceptors (Lipinski definition) is 3. The molecule has 0 aliphatic heterocycles. The van der Waals surface area contributed by atoms with Gasteiger partial charge in [-0.3, -0.25) is 0 Å². The maximum Gasteiger partial charge on any atom is 0.337 e. The normalized spacial score (nSPS) is 11.7. The zero-order valence-electron chi connectivity index (χ0n) is 7.93. The van der Waals surface area contributed by atoms with E-state index in [1.807, 2.05) is 0 Å². The van der Waals surface area contributed by atoms with Gasteiger partial charge in [-0.05, 0) is 17.7 Å². The van der Waals surface area contributed by atoms with Gasteiger partial charge in [0.2, 0.25) is 9.84 Å². The molecule has 0 atom stereocenters. The largest absolute Gasteiger partial charge is 0.478 e. The molecule has 1 N–H and O–H groups in total. The Morgan fingerprint density at radius 1 is 1.25 bits per heavy atom. The summed E-state index contributed by atoms with van der Waals surface area (Å²) in [7, 11) is -4.47. The molecule has 0 radical (unpaired) electrons. The number of carbonyl (C=O) groups is 1. The number of sulfone groups is 1. The number of hydrogen-bond donors (Lipinski definition) is 1. The van der Waals surface area contributed by atoms with E-state index in [9.17, 15) is 22.0 Å². The molecule has 0 fully saturated rings. The predicted molar refractivity (Wildman–Crippen MR) is 52.0 cm³/mol. The first-order valence-electron chi connectivity index (χ1n) is 4.15. The first-order chi connectivity index (χ1) is 7.33. The molecule has 16 heavy (non-hydrogen) atoms. The highest BCUT2D eigenvalue weighted by Crippen LogP contribution is 2.14. The summed E-state index contributed by atoms with van der Waals surface area (Å²) in [5.41, 5.74) is 0.100. The lowest BCUT2D eigenvalue weighted by atomic mass is 10.1. The van der Waals surface area contributed by atoms with E-state index in [0.717, 1.165) is 0 Å². The van der Waals surface area contributed by atoms with Gasteiger partial charge in [-0.2, -0.15) is 8.78 Å². The van der Waals surface area contributed by atoms with Crippen LogP contribution in [0.1, 0.15) is 15.9 Å². The molecular formula is C9H8F2O4S. The van der Waals surface area contributed by atoms with Gasteiger partial charge in [-0.1, -0.05) is 12.1 Å². The summed E-state index contributed by atoms with van der Waals surface area (Å²) < 4.78 is 45.8. The molecule has 1 aromatic carbocycles. The van der Waals surface area contributed by atoms with Gasteiger partial charge in [0.15, 0.2) is 0 Å². The van der Waals surface area contributed by atoms with E-state index in [-0.39, 0.29) is 11.1 Å². The van der Waals surface area contributed by atoms with E-state index in [0.29, 0.717) is 0 Å². The fourth-order valence-corrected chi connectivity index (χ4v) is 1.82. The molecule has 88 valence electrons. The molecule has 1 rings (SSSR count). The van der Waals surface area contributed by atoms with Crippen molar-refractivity contribution in [1.29, 1.82) is 0 Å². The van der Waals surface area contributed by atoms with Gasteiger partial charge in [0.25, 0.3) is 0 Å². The van der Waals surface area contributed by atoms with Crippen molar-refractivity contribution < 1.29 is 27.1 Å². The van der Waals surface area contributed by atoms with E-state index < -0.39 is 27.3 Å². The molecule has 0 saturated heterocycles. The smallest absolute Gasteiger partial charge is 0.337 e. The highest BCUT2D eigenvalue weighted by molar-refractivity contribution is 7.90. The zero-order chi connectivity index (χ0) is 12.3. The number of carboxylic acids is 1. The zero-order valence-corrected chi connectivity index (χ0v) is 8.75. The molecule has 0 spiro atoms. The molecule has 0 saturated carbocycles. The van der Waals surface area contributed by atoms with Crippen LogP contribution in [-0.4, -0.2) is 25.3 Å². The minimum absolute atomic E-state index is 0.0294. The van der Waals surface area contributed by atoms with Crippen molar-refractivity contribution in [3.8, 4) is 0 Å². The SMILES string of the molecule is O=C(O)c1ccc(CS(=O)(=O)C(F)F)cc1. The van der Waals surface area contributed by atoms with Gasteiger partial charge in [-0.25, -0.2) is 13.2 Å². The van der Waals surface area contributed by atoms with E-state index in [1.54, 1.807) is 0 Å². The number of carboxylic acid groups (broad SMARTS) is 1. The van der Waals surface area contributed by atoms with Crippen LogP contribution in [0.4, 0.5) is 8.78 Å². The fourth-order valence-electron chi connectivity index (χ4n) is 1.04. The van der Waals surface area contributed by atoms with Crippen LogP contribution < -0.4 is 0 Å². The Bertz CT molecular complexity index is 479. The van der Waals surface area contributed by atoms with Crippen LogP contribution in [-0.2, 0) is 15.6 Å². The second-order valence-corrected chi connectivity index (χ2v) is 5.04. The fraction of sp³-hybridized carbons (Fsp3) is 0.222. The van der Waals surface area contributed by atoms with Crippen molar-refractivity contribution in [3.05, 3.63) is 35.4 Å². The lowest BCUT2D eigenvalue weighted by molar-refractivity contribution is 0.0697. The van der Waals surface area contributed by atoms with E-state index in [4.69, 9.17) is 5.11 Å². The molecule has 4 nitrogen and oxygen atoms in total. The second kappa shape index (κ2) is 4.56. The number of benzene rings is 1. The summed E-state index contributed by atoms with van der Waals surface area (Å²) in [4.78, 5) is 10.5. The molecule has 0 aromatic heterocycles. The van der Waals surface area contributed by atoms with Crippen molar-refractivity contribution in [1.82, 2.24) is 0 Å². The minimum Gasteiger partial charge on any atom is -0.478 e. The number of aromatic carboxylic acids is 1. The topological polar surface area (TPSA) is 71.4 Å². The predicted octanol–water partition coefficient (Wildman–Crippen LogP) is 1.52. The van der Waals surface area contributed by atoms with Crippen LogP contribution >= 0.6 is 0 Å². The Kier molecular flexibility index (Phi) is 3.58. The standard InChI is InChI=1S/C9H8F2O4S/c10-9(11)16(14,15)5-6-1-3-7(4-2-6)8(12)13/h1-4,9H,5H2,(H,12,13). The Hall–Kier alpha value is -1.50. The summed E-state index contributed by atoms with van der Waals surface area (Å²) in [6.07, 6.45) is 0. The summed E-state index contributed by atoms with van der Waals surface area (Å²) in [6.45, 7) is 0. The van der Waals surface area contributed by atoms with Gasteiger partial charge >= 0.3 is 11.7 Å². The van der Waals surface area contributed by atoms with Gasteiger partial charge in [-0.15, -0.1) is 0 Å². The average molecular weight is 250 g/mol. The maximum absolute atomic E-state index is 12.0. The van der Waals surface area contributed by atoms with Gasteiger partial charge in [0, 0.05) is 0 Å². The molecular weight excluding hydrogens is 242 g/mol. The van der Waals surface area contributed by atoms with Gasteiger partial charge in [0.1, 0.15) is 0 Å². The molecule has 0 bridgehead atoms. The quantitative estimate of drug-likeness (QED) is 0.879. The number of rotatable bonds is 4. The molecule has 1 aromatic rings. The van der Waals surface area contributed by atoms with Gasteiger partial charge < -0.3 is 5.11 Å². The van der Waals surface area contributed by atoms with E-state index >= 15 is 0 Å². The monoisotopic (exact) mass is 250 g/mol. The highest BCUT2D eigenvalue weighted by Gasteiger charge is 2.24. The Balaban J connectivity index is 2.89. The lowest BCUT2D eigenvalue weighted by Crippen LogP contribution is -2.13. The van der Waals surface area contributed by atoms with Crippen LogP contribution in [0, 0.1) is 0 Å². The van der Waals surface area contributed by atoms with Crippen molar-refractivity contribution >= 4 is 15.8 Å². The van der Waals surface area contributed by atoms with E-state index in [2.05, 4.69) is 0 Å². The van der Waals surface area contributed by atoms with Crippen LogP contribution in [0.3, 0.4) is 0 Å². The summed E-state index contributed by atoms with van der Waals surface area (Å²) in [5.74, 6) is -5.39. The average Bonchev–Trinajstić information content (AvgIpc) is 2.17. The highest BCUT2D eigenvalue weighted by atomic mass is 32.2. The third kappa shape index (κ3) is 2.99. The Morgan fingerprint density at radius 3 is 2.12 bits per heavy atom. The second-order valence-electron chi connectivity index (χ2n) is 3.07.